The number of aliphatic hydroxyl groups excluding tert-OH is 1. The number of allylic oxidation sites excluding steroid dienone is 1. The number of carbonyl (C=O) groups excluding carboxylic acids is 1. The Morgan fingerprint density at radius 2 is 2.00 bits per heavy atom. The Labute approximate surface area is 177 Å². The number of carbonyl (C=O) groups is 1. The van der Waals surface area contributed by atoms with Gasteiger partial charge in [0.2, 0.25) is 0 Å². The second kappa shape index (κ2) is 12.4. The SMILES string of the molecule is CCOC(=O)C=C(C)c1ccc(CCC(C)NCC(O)COc2ccccc2)s1. The van der Waals surface area contributed by atoms with Gasteiger partial charge in [0.1, 0.15) is 18.5 Å². The third kappa shape index (κ3) is 8.81. The molecule has 0 spiro atoms. The fourth-order valence-electron chi connectivity index (χ4n) is 2.72. The second-order valence-electron chi connectivity index (χ2n) is 6.97. The van der Waals surface area contributed by atoms with Gasteiger partial charge in [0.05, 0.1) is 6.61 Å². The normalized spacial score (nSPS) is 13.7. The van der Waals surface area contributed by atoms with Crippen LogP contribution in [-0.4, -0.2) is 43.0 Å². The minimum atomic E-state index is -0.554. The minimum Gasteiger partial charge on any atom is -0.491 e. The number of nitrogens with one attached hydrogen (secondary N) is 1. The van der Waals surface area contributed by atoms with Crippen molar-refractivity contribution in [3.05, 3.63) is 58.3 Å². The zero-order valence-corrected chi connectivity index (χ0v) is 18.2. The van der Waals surface area contributed by atoms with Gasteiger partial charge in [-0.05, 0) is 63.5 Å². The van der Waals surface area contributed by atoms with Crippen molar-refractivity contribution in [2.75, 3.05) is 19.8 Å². The van der Waals surface area contributed by atoms with E-state index in [1.807, 2.05) is 43.3 Å². The summed E-state index contributed by atoms with van der Waals surface area (Å²) in [5, 5.41) is 13.5. The van der Waals surface area contributed by atoms with Crippen LogP contribution in [-0.2, 0) is 16.0 Å². The van der Waals surface area contributed by atoms with Crippen LogP contribution in [0.4, 0.5) is 0 Å². The topological polar surface area (TPSA) is 67.8 Å². The lowest BCUT2D eigenvalue weighted by atomic mass is 10.1. The summed E-state index contributed by atoms with van der Waals surface area (Å²) in [4.78, 5) is 13.9. The van der Waals surface area contributed by atoms with E-state index in [2.05, 4.69) is 18.3 Å². The quantitative estimate of drug-likeness (QED) is 0.403. The molecule has 2 rings (SSSR count). The van der Waals surface area contributed by atoms with E-state index >= 15 is 0 Å². The van der Waals surface area contributed by atoms with E-state index in [0.29, 0.717) is 13.2 Å². The van der Waals surface area contributed by atoms with E-state index in [0.717, 1.165) is 29.0 Å². The van der Waals surface area contributed by atoms with Crippen LogP contribution >= 0.6 is 11.3 Å². The van der Waals surface area contributed by atoms with Gasteiger partial charge in [-0.15, -0.1) is 11.3 Å². The van der Waals surface area contributed by atoms with Gasteiger partial charge in [-0.1, -0.05) is 18.2 Å². The van der Waals surface area contributed by atoms with Crippen molar-refractivity contribution in [1.29, 1.82) is 0 Å². The highest BCUT2D eigenvalue weighted by Crippen LogP contribution is 2.25. The number of ether oxygens (including phenoxy) is 2. The van der Waals surface area contributed by atoms with Crippen LogP contribution in [0.2, 0.25) is 0 Å². The lowest BCUT2D eigenvalue weighted by molar-refractivity contribution is -0.137. The fraction of sp³-hybridized carbons (Fsp3) is 0.435. The van der Waals surface area contributed by atoms with Crippen LogP contribution in [0.1, 0.15) is 36.9 Å². The van der Waals surface area contributed by atoms with Gasteiger partial charge in [0, 0.05) is 28.4 Å². The average molecular weight is 418 g/mol. The Morgan fingerprint density at radius 1 is 1.24 bits per heavy atom. The molecular weight excluding hydrogens is 386 g/mol. The predicted octanol–water partition coefficient (Wildman–Crippen LogP) is 4.07. The summed E-state index contributed by atoms with van der Waals surface area (Å²) in [6.45, 7) is 6.99. The second-order valence-corrected chi connectivity index (χ2v) is 8.14. The van der Waals surface area contributed by atoms with Crippen molar-refractivity contribution < 1.29 is 19.4 Å². The molecule has 2 unspecified atom stereocenters. The molecule has 2 N–H and O–H groups in total. The lowest BCUT2D eigenvalue weighted by Crippen LogP contribution is -2.36. The van der Waals surface area contributed by atoms with E-state index in [4.69, 9.17) is 9.47 Å². The van der Waals surface area contributed by atoms with Gasteiger partial charge >= 0.3 is 5.97 Å². The number of rotatable bonds is 12. The van der Waals surface area contributed by atoms with E-state index in [-0.39, 0.29) is 18.6 Å². The van der Waals surface area contributed by atoms with Crippen molar-refractivity contribution in [3.8, 4) is 5.75 Å². The van der Waals surface area contributed by atoms with E-state index in [1.165, 1.54) is 4.88 Å². The summed E-state index contributed by atoms with van der Waals surface area (Å²) in [5.74, 6) is 0.466. The molecule has 0 saturated heterocycles. The molecule has 0 aliphatic carbocycles. The Hall–Kier alpha value is -2.15. The summed E-state index contributed by atoms with van der Waals surface area (Å²) >= 11 is 1.70. The molecule has 29 heavy (non-hydrogen) atoms. The number of aliphatic hydroxyl groups is 1. The zero-order chi connectivity index (χ0) is 21.1. The zero-order valence-electron chi connectivity index (χ0n) is 17.4. The standard InChI is InChI=1S/C23H31NO4S/c1-4-27-23(26)14-17(2)22-13-12-21(29-22)11-10-18(3)24-15-19(25)16-28-20-8-6-5-7-9-20/h5-9,12-14,18-19,24-25H,4,10-11,15-16H2,1-3H3. The summed E-state index contributed by atoms with van der Waals surface area (Å²) < 4.78 is 10.5. The van der Waals surface area contributed by atoms with Crippen molar-refractivity contribution in [2.45, 2.75) is 45.8 Å². The number of para-hydroxylation sites is 1. The maximum absolute atomic E-state index is 11.6. The number of benzene rings is 1. The summed E-state index contributed by atoms with van der Waals surface area (Å²) in [6.07, 6.45) is 2.90. The number of aryl methyl sites for hydroxylation is 1. The van der Waals surface area contributed by atoms with Crippen molar-refractivity contribution >= 4 is 22.9 Å². The van der Waals surface area contributed by atoms with Crippen LogP contribution < -0.4 is 10.1 Å². The Balaban J connectivity index is 1.69. The van der Waals surface area contributed by atoms with E-state index < -0.39 is 6.10 Å². The number of thiophene rings is 1. The maximum Gasteiger partial charge on any atom is 0.331 e. The van der Waals surface area contributed by atoms with Crippen LogP contribution in [0.5, 0.6) is 5.75 Å². The molecule has 2 aromatic rings. The summed E-state index contributed by atoms with van der Waals surface area (Å²) in [6, 6.07) is 13.9. The Bertz CT molecular complexity index is 772. The molecule has 0 aliphatic rings. The molecule has 5 nitrogen and oxygen atoms in total. The van der Waals surface area contributed by atoms with Crippen molar-refractivity contribution in [1.82, 2.24) is 5.32 Å². The van der Waals surface area contributed by atoms with E-state index in [9.17, 15) is 9.90 Å². The van der Waals surface area contributed by atoms with Gasteiger partial charge in [0.25, 0.3) is 0 Å². The van der Waals surface area contributed by atoms with Crippen LogP contribution in [0.15, 0.2) is 48.5 Å². The average Bonchev–Trinajstić information content (AvgIpc) is 3.19. The first-order valence-electron chi connectivity index (χ1n) is 10.0. The molecule has 0 fully saturated rings. The van der Waals surface area contributed by atoms with Crippen molar-refractivity contribution in [2.24, 2.45) is 0 Å². The largest absolute Gasteiger partial charge is 0.491 e. The molecule has 0 radical (unpaired) electrons. The number of hydrogen-bond donors (Lipinski definition) is 2. The molecule has 158 valence electrons. The smallest absolute Gasteiger partial charge is 0.331 e. The highest BCUT2D eigenvalue weighted by molar-refractivity contribution is 7.13. The molecule has 0 saturated carbocycles. The number of hydrogen-bond acceptors (Lipinski definition) is 6. The first kappa shape index (κ1) is 23.1. The van der Waals surface area contributed by atoms with Crippen LogP contribution in [0.25, 0.3) is 5.57 Å². The third-order valence-electron chi connectivity index (χ3n) is 4.38. The fourth-order valence-corrected chi connectivity index (χ4v) is 3.72. The van der Waals surface area contributed by atoms with Crippen LogP contribution in [0, 0.1) is 0 Å². The van der Waals surface area contributed by atoms with E-state index in [1.54, 1.807) is 24.3 Å². The summed E-state index contributed by atoms with van der Waals surface area (Å²) in [7, 11) is 0. The van der Waals surface area contributed by atoms with Crippen LogP contribution in [0.3, 0.4) is 0 Å². The maximum atomic E-state index is 11.6. The number of esters is 1. The highest BCUT2D eigenvalue weighted by Gasteiger charge is 2.10. The molecule has 0 amide bonds. The molecule has 1 aromatic carbocycles. The van der Waals surface area contributed by atoms with Gasteiger partial charge in [-0.25, -0.2) is 4.79 Å². The first-order chi connectivity index (χ1) is 14.0. The third-order valence-corrected chi connectivity index (χ3v) is 5.66. The molecular formula is C23H31NO4S. The monoisotopic (exact) mass is 417 g/mol. The predicted molar refractivity (Wildman–Crippen MR) is 118 cm³/mol. The van der Waals surface area contributed by atoms with Gasteiger partial charge in [-0.2, -0.15) is 0 Å². The van der Waals surface area contributed by atoms with Gasteiger partial charge in [-0.3, -0.25) is 0 Å². The molecule has 0 aliphatic heterocycles. The first-order valence-corrected chi connectivity index (χ1v) is 10.8. The molecule has 1 aromatic heterocycles. The summed E-state index contributed by atoms with van der Waals surface area (Å²) in [5.41, 5.74) is 0.924. The lowest BCUT2D eigenvalue weighted by Gasteiger charge is -2.17. The molecule has 2 atom stereocenters. The van der Waals surface area contributed by atoms with Crippen molar-refractivity contribution in [3.63, 3.8) is 0 Å². The Morgan fingerprint density at radius 3 is 2.72 bits per heavy atom. The Kier molecular flexibility index (Phi) is 9.91. The molecule has 6 heteroatoms. The highest BCUT2D eigenvalue weighted by atomic mass is 32.1. The molecule has 0 bridgehead atoms. The minimum absolute atomic E-state index is 0.268. The van der Waals surface area contributed by atoms with Gasteiger partial charge in [0.15, 0.2) is 0 Å². The molecule has 1 heterocycles. The van der Waals surface area contributed by atoms with Gasteiger partial charge < -0.3 is 19.9 Å².